The number of aromatic nitrogens is 1. The highest BCUT2D eigenvalue weighted by Crippen LogP contribution is 2.30. The highest BCUT2D eigenvalue weighted by atomic mass is 35.5. The van der Waals surface area contributed by atoms with E-state index in [1.807, 2.05) is 12.1 Å². The fourth-order valence-electron chi connectivity index (χ4n) is 3.54. The predicted molar refractivity (Wildman–Crippen MR) is 120 cm³/mol. The molecule has 162 valence electrons. The maximum Gasteiger partial charge on any atom is 0.224 e. The number of likely N-dealkylation sites (N-methyl/N-ethyl adjacent to an activating group) is 1. The lowest BCUT2D eigenvalue weighted by Gasteiger charge is -2.35. The van der Waals surface area contributed by atoms with Gasteiger partial charge in [0.15, 0.2) is 11.7 Å². The molecule has 8 heteroatoms. The largest absolute Gasteiger partial charge is 0.441 e. The Balaban J connectivity index is 1.38. The topological polar surface area (TPSA) is 61.6 Å². The summed E-state index contributed by atoms with van der Waals surface area (Å²) in [5, 5.41) is 3.56. The first-order valence-electron chi connectivity index (χ1n) is 10.2. The van der Waals surface area contributed by atoms with E-state index in [-0.39, 0.29) is 18.1 Å². The van der Waals surface area contributed by atoms with Crippen molar-refractivity contribution >= 4 is 28.9 Å². The van der Waals surface area contributed by atoms with Gasteiger partial charge in [-0.05, 0) is 49.5 Å². The lowest BCUT2D eigenvalue weighted by Crippen LogP contribution is -2.44. The van der Waals surface area contributed by atoms with E-state index in [9.17, 15) is 9.18 Å². The summed E-state index contributed by atoms with van der Waals surface area (Å²) in [4.78, 5) is 21.4. The van der Waals surface area contributed by atoms with Gasteiger partial charge in [-0.25, -0.2) is 9.37 Å². The second kappa shape index (κ2) is 9.49. The van der Waals surface area contributed by atoms with Gasteiger partial charge in [0.1, 0.15) is 5.82 Å². The van der Waals surface area contributed by atoms with Gasteiger partial charge in [0.05, 0.1) is 17.6 Å². The van der Waals surface area contributed by atoms with E-state index in [4.69, 9.17) is 16.0 Å². The smallest absolute Gasteiger partial charge is 0.224 e. The van der Waals surface area contributed by atoms with Crippen molar-refractivity contribution in [3.63, 3.8) is 0 Å². The molecule has 0 radical (unpaired) electrons. The average molecular weight is 443 g/mol. The van der Waals surface area contributed by atoms with Crippen molar-refractivity contribution in [2.24, 2.45) is 0 Å². The molecule has 4 rings (SSSR count). The SMILES string of the molecule is CN1CCN(c2ccc(Cl)cc2NC(=O)CCc2ncc(-c3ccc(F)cc3)o2)CC1. The number of carbonyl (C=O) groups is 1. The van der Waals surface area contributed by atoms with Crippen LogP contribution in [0.4, 0.5) is 15.8 Å². The van der Waals surface area contributed by atoms with Gasteiger partial charge in [-0.15, -0.1) is 0 Å². The molecule has 1 fully saturated rings. The molecule has 1 amide bonds. The van der Waals surface area contributed by atoms with E-state index < -0.39 is 0 Å². The normalized spacial score (nSPS) is 14.6. The Hall–Kier alpha value is -2.90. The van der Waals surface area contributed by atoms with Crippen molar-refractivity contribution in [2.75, 3.05) is 43.4 Å². The molecule has 2 aromatic carbocycles. The van der Waals surface area contributed by atoms with Gasteiger partial charge >= 0.3 is 0 Å². The number of nitrogens with one attached hydrogen (secondary N) is 1. The molecular weight excluding hydrogens is 419 g/mol. The van der Waals surface area contributed by atoms with E-state index in [1.165, 1.54) is 12.1 Å². The number of aryl methyl sites for hydroxylation is 1. The van der Waals surface area contributed by atoms with Crippen molar-refractivity contribution in [2.45, 2.75) is 12.8 Å². The van der Waals surface area contributed by atoms with Gasteiger partial charge in [0.2, 0.25) is 5.91 Å². The Morgan fingerprint density at radius 3 is 2.65 bits per heavy atom. The molecule has 0 aliphatic carbocycles. The summed E-state index contributed by atoms with van der Waals surface area (Å²) in [5.74, 6) is 0.554. The van der Waals surface area contributed by atoms with Crippen molar-refractivity contribution in [3.8, 4) is 11.3 Å². The quantitative estimate of drug-likeness (QED) is 0.610. The van der Waals surface area contributed by atoms with Crippen LogP contribution in [0.1, 0.15) is 12.3 Å². The lowest BCUT2D eigenvalue weighted by atomic mass is 10.2. The number of hydrogen-bond donors (Lipinski definition) is 1. The molecule has 1 aliphatic rings. The maximum absolute atomic E-state index is 13.1. The van der Waals surface area contributed by atoms with E-state index in [0.29, 0.717) is 28.8 Å². The van der Waals surface area contributed by atoms with Crippen molar-refractivity contribution in [3.05, 3.63) is 65.4 Å². The summed E-state index contributed by atoms with van der Waals surface area (Å²) >= 11 is 6.18. The number of anilines is 2. The molecule has 1 aliphatic heterocycles. The number of carbonyl (C=O) groups excluding carboxylic acids is 1. The number of halogens is 2. The summed E-state index contributed by atoms with van der Waals surface area (Å²) in [7, 11) is 2.10. The Kier molecular flexibility index (Phi) is 6.53. The van der Waals surface area contributed by atoms with Gasteiger partial charge in [-0.2, -0.15) is 0 Å². The molecular formula is C23H24ClFN4O2. The fourth-order valence-corrected chi connectivity index (χ4v) is 3.71. The molecule has 0 bridgehead atoms. The van der Waals surface area contributed by atoms with Gasteiger partial charge < -0.3 is 19.5 Å². The predicted octanol–water partition coefficient (Wildman–Crippen LogP) is 4.46. The molecule has 3 aromatic rings. The lowest BCUT2D eigenvalue weighted by molar-refractivity contribution is -0.116. The number of nitrogens with zero attached hydrogens (tertiary/aromatic N) is 3. The number of rotatable bonds is 6. The van der Waals surface area contributed by atoms with E-state index in [0.717, 1.165) is 37.4 Å². The van der Waals surface area contributed by atoms with E-state index in [1.54, 1.807) is 24.4 Å². The standard InChI is InChI=1S/C23H24ClFN4O2/c1-28-10-12-29(13-11-28)20-7-4-17(24)14-19(20)27-22(30)8-9-23-26-15-21(31-23)16-2-5-18(25)6-3-16/h2-7,14-15H,8-13H2,1H3,(H,27,30). The number of amides is 1. The van der Waals surface area contributed by atoms with Crippen molar-refractivity contribution in [1.82, 2.24) is 9.88 Å². The van der Waals surface area contributed by atoms with Crippen LogP contribution in [0.25, 0.3) is 11.3 Å². The maximum atomic E-state index is 13.1. The molecule has 0 unspecified atom stereocenters. The van der Waals surface area contributed by atoms with Crippen LogP contribution in [-0.2, 0) is 11.2 Å². The Bertz CT molecular complexity index is 1050. The highest BCUT2D eigenvalue weighted by Gasteiger charge is 2.18. The monoisotopic (exact) mass is 442 g/mol. The zero-order valence-corrected chi connectivity index (χ0v) is 18.0. The summed E-state index contributed by atoms with van der Waals surface area (Å²) in [6, 6.07) is 11.6. The minimum atomic E-state index is -0.308. The third kappa shape index (κ3) is 5.42. The van der Waals surface area contributed by atoms with E-state index in [2.05, 4.69) is 27.1 Å². The summed E-state index contributed by atoms with van der Waals surface area (Å²) in [5.41, 5.74) is 2.42. The van der Waals surface area contributed by atoms with Crippen LogP contribution in [0.3, 0.4) is 0 Å². The first-order valence-corrected chi connectivity index (χ1v) is 10.6. The number of piperazine rings is 1. The minimum Gasteiger partial charge on any atom is -0.441 e. The molecule has 1 aromatic heterocycles. The molecule has 31 heavy (non-hydrogen) atoms. The highest BCUT2D eigenvalue weighted by molar-refractivity contribution is 6.31. The Labute approximate surface area is 185 Å². The van der Waals surface area contributed by atoms with Crippen LogP contribution in [0.2, 0.25) is 5.02 Å². The van der Waals surface area contributed by atoms with Gasteiger partial charge in [0, 0.05) is 49.6 Å². The molecule has 1 N–H and O–H groups in total. The third-order valence-corrected chi connectivity index (χ3v) is 5.56. The van der Waals surface area contributed by atoms with Crippen LogP contribution < -0.4 is 10.2 Å². The zero-order valence-electron chi connectivity index (χ0n) is 17.3. The van der Waals surface area contributed by atoms with E-state index >= 15 is 0 Å². The fraction of sp³-hybridized carbons (Fsp3) is 0.304. The molecule has 0 atom stereocenters. The van der Waals surface area contributed by atoms with Crippen molar-refractivity contribution in [1.29, 1.82) is 0 Å². The second-order valence-corrected chi connectivity index (χ2v) is 8.06. The summed E-state index contributed by atoms with van der Waals surface area (Å²) in [6.07, 6.45) is 2.17. The number of hydrogen-bond acceptors (Lipinski definition) is 5. The van der Waals surface area contributed by atoms with Crippen LogP contribution in [0.5, 0.6) is 0 Å². The van der Waals surface area contributed by atoms with Gasteiger partial charge in [-0.1, -0.05) is 11.6 Å². The van der Waals surface area contributed by atoms with Crippen LogP contribution in [0.15, 0.2) is 53.1 Å². The average Bonchev–Trinajstić information content (AvgIpc) is 3.23. The minimum absolute atomic E-state index is 0.140. The van der Waals surface area contributed by atoms with Crippen LogP contribution >= 0.6 is 11.6 Å². The molecule has 0 saturated carbocycles. The van der Waals surface area contributed by atoms with Crippen LogP contribution in [0, 0.1) is 5.82 Å². The number of benzene rings is 2. The third-order valence-electron chi connectivity index (χ3n) is 5.32. The summed E-state index contributed by atoms with van der Waals surface area (Å²) in [6.45, 7) is 3.72. The molecule has 2 heterocycles. The van der Waals surface area contributed by atoms with Gasteiger partial charge in [-0.3, -0.25) is 4.79 Å². The molecule has 6 nitrogen and oxygen atoms in total. The molecule has 1 saturated heterocycles. The first kappa shape index (κ1) is 21.3. The number of oxazole rings is 1. The first-order chi connectivity index (χ1) is 15.0. The van der Waals surface area contributed by atoms with Crippen molar-refractivity contribution < 1.29 is 13.6 Å². The zero-order chi connectivity index (χ0) is 21.8. The van der Waals surface area contributed by atoms with Crippen LogP contribution in [-0.4, -0.2) is 49.0 Å². The Morgan fingerprint density at radius 1 is 1.16 bits per heavy atom. The molecule has 0 spiro atoms. The second-order valence-electron chi connectivity index (χ2n) is 7.63. The Morgan fingerprint density at radius 2 is 1.90 bits per heavy atom. The summed E-state index contributed by atoms with van der Waals surface area (Å²) < 4.78 is 18.8. The van der Waals surface area contributed by atoms with Gasteiger partial charge in [0.25, 0.3) is 0 Å².